The summed E-state index contributed by atoms with van der Waals surface area (Å²) in [7, 11) is 0. The summed E-state index contributed by atoms with van der Waals surface area (Å²) in [4.78, 5) is 28.5. The Bertz CT molecular complexity index is 662. The Morgan fingerprint density at radius 3 is 2.95 bits per heavy atom. The van der Waals surface area contributed by atoms with Crippen LogP contribution in [-0.4, -0.2) is 33.1 Å². The first-order valence-corrected chi connectivity index (χ1v) is 6.14. The van der Waals surface area contributed by atoms with Crippen molar-refractivity contribution in [3.8, 4) is 0 Å². The summed E-state index contributed by atoms with van der Waals surface area (Å²) in [5.74, 6) is -0.427. The highest BCUT2D eigenvalue weighted by atomic mass is 16.4. The van der Waals surface area contributed by atoms with E-state index in [1.54, 1.807) is 0 Å². The molecule has 1 aliphatic heterocycles. The Morgan fingerprint density at radius 1 is 1.37 bits per heavy atom. The van der Waals surface area contributed by atoms with Crippen LogP contribution in [0.4, 0.5) is 5.95 Å². The molecule has 3 rings (SSSR count). The van der Waals surface area contributed by atoms with Gasteiger partial charge in [0.1, 0.15) is 0 Å². The van der Waals surface area contributed by atoms with Crippen molar-refractivity contribution in [2.45, 2.75) is 19.4 Å². The van der Waals surface area contributed by atoms with E-state index in [9.17, 15) is 9.59 Å². The molecule has 2 heterocycles. The number of para-hydroxylation sites is 2. The molecule has 1 N–H and O–H groups in total. The van der Waals surface area contributed by atoms with Gasteiger partial charge < -0.3 is 9.67 Å². The lowest BCUT2D eigenvalue weighted by molar-refractivity contribution is -0.136. The number of hydrogen-bond acceptors (Lipinski definition) is 3. The van der Waals surface area contributed by atoms with Crippen molar-refractivity contribution in [3.05, 3.63) is 24.3 Å². The Labute approximate surface area is 109 Å². The Morgan fingerprint density at radius 2 is 2.16 bits per heavy atom. The maximum Gasteiger partial charge on any atom is 0.305 e. The number of carbonyl (C=O) groups excluding carboxylic acids is 1. The lowest BCUT2D eigenvalue weighted by Crippen LogP contribution is -2.39. The van der Waals surface area contributed by atoms with Gasteiger partial charge in [-0.25, -0.2) is 4.98 Å². The van der Waals surface area contributed by atoms with E-state index in [2.05, 4.69) is 4.98 Å². The molecule has 0 radical (unpaired) electrons. The number of amides is 1. The number of aromatic nitrogens is 2. The third kappa shape index (κ3) is 1.95. The summed E-state index contributed by atoms with van der Waals surface area (Å²) < 4.78 is 1.97. The summed E-state index contributed by atoms with van der Waals surface area (Å²) in [5, 5.41) is 8.75. The Balaban J connectivity index is 2.04. The van der Waals surface area contributed by atoms with Crippen LogP contribution in [0, 0.1) is 0 Å². The van der Waals surface area contributed by atoms with Crippen LogP contribution in [0.1, 0.15) is 12.8 Å². The topological polar surface area (TPSA) is 75.4 Å². The molecular formula is C13H13N3O3. The van der Waals surface area contributed by atoms with Crippen LogP contribution >= 0.6 is 0 Å². The number of nitrogens with zero attached hydrogens (tertiary/aromatic N) is 3. The smallest absolute Gasteiger partial charge is 0.305 e. The van der Waals surface area contributed by atoms with Gasteiger partial charge in [0.25, 0.3) is 0 Å². The Hall–Kier alpha value is -2.37. The second-order valence-corrected chi connectivity index (χ2v) is 4.49. The summed E-state index contributed by atoms with van der Waals surface area (Å²) in [6.45, 7) is 0.760. The minimum Gasteiger partial charge on any atom is -0.481 e. The van der Waals surface area contributed by atoms with Crippen molar-refractivity contribution in [3.63, 3.8) is 0 Å². The van der Waals surface area contributed by atoms with Gasteiger partial charge >= 0.3 is 5.97 Å². The second kappa shape index (κ2) is 4.38. The zero-order valence-corrected chi connectivity index (χ0v) is 10.2. The van der Waals surface area contributed by atoms with Crippen LogP contribution < -0.4 is 4.90 Å². The summed E-state index contributed by atoms with van der Waals surface area (Å²) in [6.07, 6.45) is 0.307. The maximum absolute atomic E-state index is 11.9. The molecule has 1 amide bonds. The first-order valence-electron chi connectivity index (χ1n) is 6.14. The molecule has 0 spiro atoms. The highest BCUT2D eigenvalue weighted by Gasteiger charge is 2.27. The minimum absolute atomic E-state index is 0.0657. The van der Waals surface area contributed by atoms with Gasteiger partial charge in [-0.05, 0) is 12.1 Å². The number of aryl methyl sites for hydroxylation is 1. The van der Waals surface area contributed by atoms with Crippen molar-refractivity contribution < 1.29 is 14.7 Å². The molecule has 1 aromatic carbocycles. The molecule has 0 bridgehead atoms. The van der Waals surface area contributed by atoms with Crippen LogP contribution in [0.25, 0.3) is 11.0 Å². The van der Waals surface area contributed by atoms with E-state index >= 15 is 0 Å². The number of carboxylic acids is 1. The molecule has 2 aromatic rings. The number of carbonyl (C=O) groups is 2. The number of aliphatic carboxylic acids is 1. The molecule has 0 unspecified atom stereocenters. The van der Waals surface area contributed by atoms with E-state index in [4.69, 9.17) is 5.11 Å². The fourth-order valence-electron chi connectivity index (χ4n) is 2.38. The highest BCUT2D eigenvalue weighted by molar-refractivity contribution is 5.95. The standard InChI is InChI=1S/C13H13N3O3/c17-11-5-7-15-10-4-2-1-3-9(10)14-13(15)16(11)8-6-12(18)19/h1-4H,5-8H2,(H,18,19). The van der Waals surface area contributed by atoms with Crippen molar-refractivity contribution in [2.24, 2.45) is 0 Å². The van der Waals surface area contributed by atoms with Crippen LogP contribution in [0.3, 0.4) is 0 Å². The summed E-state index contributed by atoms with van der Waals surface area (Å²) >= 11 is 0. The number of rotatable bonds is 3. The number of anilines is 1. The van der Waals surface area contributed by atoms with E-state index in [0.717, 1.165) is 11.0 Å². The molecule has 0 saturated heterocycles. The molecule has 0 aliphatic carbocycles. The van der Waals surface area contributed by atoms with Gasteiger partial charge in [0.15, 0.2) is 0 Å². The van der Waals surface area contributed by atoms with Crippen LogP contribution in [0.2, 0.25) is 0 Å². The number of fused-ring (bicyclic) bond motifs is 3. The highest BCUT2D eigenvalue weighted by Crippen LogP contribution is 2.27. The zero-order valence-electron chi connectivity index (χ0n) is 10.2. The molecule has 0 atom stereocenters. The number of benzene rings is 1. The molecule has 1 aliphatic rings. The molecule has 6 nitrogen and oxygen atoms in total. The number of hydrogen-bond donors (Lipinski definition) is 1. The van der Waals surface area contributed by atoms with Gasteiger partial charge in [0, 0.05) is 19.5 Å². The monoisotopic (exact) mass is 259 g/mol. The third-order valence-corrected chi connectivity index (χ3v) is 3.28. The fourth-order valence-corrected chi connectivity index (χ4v) is 2.38. The molecule has 0 fully saturated rings. The van der Waals surface area contributed by atoms with Crippen molar-refractivity contribution in [2.75, 3.05) is 11.4 Å². The van der Waals surface area contributed by atoms with Gasteiger partial charge in [0.05, 0.1) is 17.5 Å². The van der Waals surface area contributed by atoms with Crippen molar-refractivity contribution in [1.29, 1.82) is 0 Å². The van der Waals surface area contributed by atoms with E-state index in [0.29, 0.717) is 18.9 Å². The van der Waals surface area contributed by atoms with Crippen LogP contribution in [-0.2, 0) is 16.1 Å². The van der Waals surface area contributed by atoms with Gasteiger partial charge in [-0.15, -0.1) is 0 Å². The lowest BCUT2D eigenvalue weighted by atomic mass is 10.2. The van der Waals surface area contributed by atoms with Crippen molar-refractivity contribution in [1.82, 2.24) is 9.55 Å². The van der Waals surface area contributed by atoms with E-state index < -0.39 is 5.97 Å². The Kier molecular flexibility index (Phi) is 2.70. The first kappa shape index (κ1) is 11.7. The predicted molar refractivity (Wildman–Crippen MR) is 69.0 cm³/mol. The maximum atomic E-state index is 11.9. The second-order valence-electron chi connectivity index (χ2n) is 4.49. The first-order chi connectivity index (χ1) is 9.16. The number of carboxylic acid groups (broad SMARTS) is 1. The average molecular weight is 259 g/mol. The van der Waals surface area contributed by atoms with E-state index in [1.165, 1.54) is 4.90 Å². The van der Waals surface area contributed by atoms with Crippen LogP contribution in [0.5, 0.6) is 0 Å². The van der Waals surface area contributed by atoms with E-state index in [1.807, 2.05) is 28.8 Å². The average Bonchev–Trinajstić information content (AvgIpc) is 2.75. The van der Waals surface area contributed by atoms with E-state index in [-0.39, 0.29) is 18.9 Å². The van der Waals surface area contributed by atoms with Gasteiger partial charge in [-0.3, -0.25) is 14.5 Å². The number of imidazole rings is 1. The summed E-state index contributed by atoms with van der Waals surface area (Å²) in [5.41, 5.74) is 1.80. The normalized spacial score (nSPS) is 14.7. The quantitative estimate of drug-likeness (QED) is 0.900. The minimum atomic E-state index is -0.916. The summed E-state index contributed by atoms with van der Waals surface area (Å²) in [6, 6.07) is 7.66. The molecule has 0 saturated carbocycles. The molecule has 1 aromatic heterocycles. The molecular weight excluding hydrogens is 246 g/mol. The van der Waals surface area contributed by atoms with Crippen LogP contribution in [0.15, 0.2) is 24.3 Å². The molecule has 19 heavy (non-hydrogen) atoms. The zero-order chi connectivity index (χ0) is 13.4. The third-order valence-electron chi connectivity index (χ3n) is 3.28. The SMILES string of the molecule is O=C(O)CCN1C(=O)CCn2c1nc1ccccc12. The van der Waals surface area contributed by atoms with Crippen molar-refractivity contribution >= 4 is 28.9 Å². The largest absolute Gasteiger partial charge is 0.481 e. The van der Waals surface area contributed by atoms with Gasteiger partial charge in [-0.1, -0.05) is 12.1 Å². The predicted octanol–water partition coefficient (Wildman–Crippen LogP) is 1.25. The van der Waals surface area contributed by atoms with Gasteiger partial charge in [0.2, 0.25) is 11.9 Å². The molecule has 6 heteroatoms. The fraction of sp³-hybridized carbons (Fsp3) is 0.308. The van der Waals surface area contributed by atoms with Gasteiger partial charge in [-0.2, -0.15) is 0 Å². The molecule has 98 valence electrons. The lowest BCUT2D eigenvalue weighted by Gasteiger charge is -2.26.